The van der Waals surface area contributed by atoms with Crippen LogP contribution in [0.5, 0.6) is 0 Å². The lowest BCUT2D eigenvalue weighted by molar-refractivity contribution is 0.285. The minimum Gasteiger partial charge on any atom is -0.391 e. The van der Waals surface area contributed by atoms with Crippen molar-refractivity contribution < 1.29 is 21.9 Å². The highest BCUT2D eigenvalue weighted by molar-refractivity contribution is 9.11. The van der Waals surface area contributed by atoms with Gasteiger partial charge in [0, 0.05) is 29.2 Å². The van der Waals surface area contributed by atoms with Crippen LogP contribution in [0.3, 0.4) is 0 Å². The topological polar surface area (TPSA) is 91.8 Å². The number of nitrogens with zero attached hydrogens (tertiary/aromatic N) is 1. The summed E-state index contributed by atoms with van der Waals surface area (Å²) in [4.78, 5) is 0.514. The van der Waals surface area contributed by atoms with E-state index in [1.807, 2.05) is 0 Å². The van der Waals surface area contributed by atoms with Crippen LogP contribution in [0.2, 0.25) is 0 Å². The lowest BCUT2D eigenvalue weighted by atomic mass is 10.5. The Kier molecular flexibility index (Phi) is 5.44. The lowest BCUT2D eigenvalue weighted by Crippen LogP contribution is -2.49. The summed E-state index contributed by atoms with van der Waals surface area (Å²) in [6.07, 6.45) is 1.05. The summed E-state index contributed by atoms with van der Waals surface area (Å²) in [7, 11) is -7.43. The molecule has 120 valence electrons. The second-order valence-electron chi connectivity index (χ2n) is 4.48. The quantitative estimate of drug-likeness (QED) is 0.761. The predicted molar refractivity (Wildman–Crippen MR) is 87.8 cm³/mol. The fourth-order valence-electron chi connectivity index (χ4n) is 1.96. The Hall–Kier alpha value is 0.350. The average Bonchev–Trinajstić information content (AvgIpc) is 2.80. The summed E-state index contributed by atoms with van der Waals surface area (Å²) < 4.78 is 50.6. The molecule has 0 bridgehead atoms. The number of sulfone groups is 1. The molecule has 21 heavy (non-hydrogen) atoms. The normalized spacial score (nSPS) is 21.6. The molecule has 1 aromatic heterocycles. The van der Waals surface area contributed by atoms with Gasteiger partial charge in [0.2, 0.25) is 10.0 Å². The first-order valence-corrected chi connectivity index (χ1v) is 12.0. The van der Waals surface area contributed by atoms with Gasteiger partial charge in [0.15, 0.2) is 9.84 Å². The van der Waals surface area contributed by atoms with Gasteiger partial charge < -0.3 is 5.11 Å². The molecule has 2 heterocycles. The number of aliphatic hydroxyl groups is 1. The SMILES string of the molecule is CS(=O)(=O)C1CSCCN1S(=O)(=O)c1cc(CO)sc1Br. The summed E-state index contributed by atoms with van der Waals surface area (Å²) in [5.41, 5.74) is 0. The van der Waals surface area contributed by atoms with Gasteiger partial charge in [-0.1, -0.05) is 0 Å². The molecule has 0 amide bonds. The van der Waals surface area contributed by atoms with Gasteiger partial charge in [-0.2, -0.15) is 16.1 Å². The summed E-state index contributed by atoms with van der Waals surface area (Å²) in [5.74, 6) is 0.784. The van der Waals surface area contributed by atoms with Crippen molar-refractivity contribution in [2.24, 2.45) is 0 Å². The van der Waals surface area contributed by atoms with Gasteiger partial charge in [-0.05, 0) is 22.0 Å². The van der Waals surface area contributed by atoms with Gasteiger partial charge in [0.05, 0.1) is 10.4 Å². The number of halogens is 1. The molecule has 1 N–H and O–H groups in total. The zero-order chi connectivity index (χ0) is 15.8. The van der Waals surface area contributed by atoms with Gasteiger partial charge in [0.1, 0.15) is 10.3 Å². The number of hydrogen-bond acceptors (Lipinski definition) is 7. The van der Waals surface area contributed by atoms with Gasteiger partial charge in [-0.3, -0.25) is 0 Å². The molecule has 0 radical (unpaired) electrons. The third-order valence-electron chi connectivity index (χ3n) is 2.98. The zero-order valence-corrected chi connectivity index (χ0v) is 15.9. The molecule has 2 rings (SSSR count). The van der Waals surface area contributed by atoms with E-state index in [0.29, 0.717) is 14.4 Å². The molecule has 0 spiro atoms. The van der Waals surface area contributed by atoms with Crippen LogP contribution in [-0.4, -0.2) is 55.9 Å². The summed E-state index contributed by atoms with van der Waals surface area (Å²) in [6, 6.07) is 1.38. The van der Waals surface area contributed by atoms with E-state index in [2.05, 4.69) is 15.9 Å². The third kappa shape index (κ3) is 3.65. The zero-order valence-electron chi connectivity index (χ0n) is 11.0. The minimum absolute atomic E-state index is 0.0112. The Labute approximate surface area is 140 Å². The van der Waals surface area contributed by atoms with E-state index in [1.54, 1.807) is 0 Å². The number of aliphatic hydroxyl groups excluding tert-OH is 1. The van der Waals surface area contributed by atoms with Crippen molar-refractivity contribution in [3.05, 3.63) is 14.7 Å². The van der Waals surface area contributed by atoms with E-state index in [1.165, 1.54) is 17.8 Å². The standard InChI is InChI=1S/C10H14BrNO5S4/c1-20(14,15)9-6-18-3-2-12(9)21(16,17)8-4-7(5-13)19-10(8)11/h4,9,13H,2-3,5-6H2,1H3. The molecular formula is C10H14BrNO5S4. The van der Waals surface area contributed by atoms with E-state index in [-0.39, 0.29) is 23.8 Å². The van der Waals surface area contributed by atoms with Crippen LogP contribution in [0.4, 0.5) is 0 Å². The Balaban J connectivity index is 2.48. The van der Waals surface area contributed by atoms with E-state index in [9.17, 15) is 16.8 Å². The first kappa shape index (κ1) is 17.7. The van der Waals surface area contributed by atoms with Crippen LogP contribution in [0.1, 0.15) is 4.88 Å². The molecule has 6 nitrogen and oxygen atoms in total. The number of rotatable bonds is 4. The first-order valence-electron chi connectivity index (χ1n) is 5.85. The number of hydrogen-bond donors (Lipinski definition) is 1. The van der Waals surface area contributed by atoms with Crippen molar-refractivity contribution in [1.29, 1.82) is 0 Å². The van der Waals surface area contributed by atoms with E-state index < -0.39 is 25.2 Å². The lowest BCUT2D eigenvalue weighted by Gasteiger charge is -2.32. The van der Waals surface area contributed by atoms with Crippen molar-refractivity contribution >= 4 is 58.9 Å². The second-order valence-corrected chi connectivity index (χ2v) is 12.2. The third-order valence-corrected chi connectivity index (χ3v) is 9.90. The monoisotopic (exact) mass is 435 g/mol. The van der Waals surface area contributed by atoms with Crippen molar-refractivity contribution in [3.63, 3.8) is 0 Å². The Morgan fingerprint density at radius 3 is 2.62 bits per heavy atom. The number of thioether (sulfide) groups is 1. The van der Waals surface area contributed by atoms with Crippen molar-refractivity contribution in [3.8, 4) is 0 Å². The highest BCUT2D eigenvalue weighted by Crippen LogP contribution is 2.36. The van der Waals surface area contributed by atoms with Crippen LogP contribution in [0.25, 0.3) is 0 Å². The molecule has 11 heteroatoms. The van der Waals surface area contributed by atoms with Crippen LogP contribution in [-0.2, 0) is 26.5 Å². The molecule has 0 aromatic carbocycles. The van der Waals surface area contributed by atoms with Crippen molar-refractivity contribution in [2.45, 2.75) is 16.9 Å². The Morgan fingerprint density at radius 1 is 1.43 bits per heavy atom. The van der Waals surface area contributed by atoms with Gasteiger partial charge in [-0.15, -0.1) is 11.3 Å². The largest absolute Gasteiger partial charge is 0.391 e. The number of thiophene rings is 1. The molecule has 1 fully saturated rings. The highest BCUT2D eigenvalue weighted by atomic mass is 79.9. The molecule has 0 saturated carbocycles. The molecule has 1 aromatic rings. The summed E-state index contributed by atoms with van der Waals surface area (Å²) in [5, 5.41) is 8.06. The van der Waals surface area contributed by atoms with Crippen LogP contribution in [0.15, 0.2) is 14.7 Å². The van der Waals surface area contributed by atoms with E-state index in [0.717, 1.165) is 21.9 Å². The van der Waals surface area contributed by atoms with E-state index >= 15 is 0 Å². The minimum atomic E-state index is -3.92. The maximum absolute atomic E-state index is 12.7. The molecule has 1 saturated heterocycles. The van der Waals surface area contributed by atoms with Crippen molar-refractivity contribution in [2.75, 3.05) is 24.3 Å². The van der Waals surface area contributed by atoms with Crippen LogP contribution in [0, 0.1) is 0 Å². The number of sulfonamides is 1. The predicted octanol–water partition coefficient (Wildman–Crippen LogP) is 1.11. The molecule has 1 unspecified atom stereocenters. The highest BCUT2D eigenvalue weighted by Gasteiger charge is 2.40. The van der Waals surface area contributed by atoms with Gasteiger partial charge in [-0.25, -0.2) is 16.8 Å². The fraction of sp³-hybridized carbons (Fsp3) is 0.600. The first-order chi connectivity index (χ1) is 9.67. The second kappa shape index (κ2) is 6.46. The maximum Gasteiger partial charge on any atom is 0.246 e. The van der Waals surface area contributed by atoms with Gasteiger partial charge in [0.25, 0.3) is 0 Å². The average molecular weight is 436 g/mol. The van der Waals surface area contributed by atoms with Crippen molar-refractivity contribution in [1.82, 2.24) is 4.31 Å². The Bertz CT molecular complexity index is 727. The van der Waals surface area contributed by atoms with E-state index in [4.69, 9.17) is 5.11 Å². The van der Waals surface area contributed by atoms with Gasteiger partial charge >= 0.3 is 0 Å². The fourth-order valence-corrected chi connectivity index (χ4v) is 9.62. The molecule has 1 aliphatic heterocycles. The molecule has 1 atom stereocenters. The molecule has 1 aliphatic rings. The van der Waals surface area contributed by atoms with Crippen LogP contribution < -0.4 is 0 Å². The Morgan fingerprint density at radius 2 is 2.10 bits per heavy atom. The molecular weight excluding hydrogens is 422 g/mol. The summed E-state index contributed by atoms with van der Waals surface area (Å²) in [6.45, 7) is -0.106. The maximum atomic E-state index is 12.7. The smallest absolute Gasteiger partial charge is 0.246 e. The van der Waals surface area contributed by atoms with Crippen LogP contribution >= 0.6 is 39.0 Å². The molecule has 0 aliphatic carbocycles. The summed E-state index contributed by atoms with van der Waals surface area (Å²) >= 11 is 5.72.